The number of nitrogens with one attached hydrogen (secondary N) is 3. The number of nitrogens with two attached hydrogens (primary N) is 1. The van der Waals surface area contributed by atoms with Gasteiger partial charge in [0.05, 0.1) is 6.04 Å². The van der Waals surface area contributed by atoms with Crippen molar-refractivity contribution >= 4 is 11.9 Å². The van der Waals surface area contributed by atoms with Gasteiger partial charge in [-0.1, -0.05) is 6.92 Å². The third-order valence-corrected chi connectivity index (χ3v) is 5.36. The highest BCUT2D eigenvalue weighted by atomic mass is 16.4. The summed E-state index contributed by atoms with van der Waals surface area (Å²) in [5.41, 5.74) is 6.19. The van der Waals surface area contributed by atoms with E-state index in [9.17, 15) is 9.59 Å². The zero-order chi connectivity index (χ0) is 22.4. The van der Waals surface area contributed by atoms with Crippen LogP contribution in [0.4, 0.5) is 0 Å². The molecule has 176 valence electrons. The molecule has 0 radical (unpaired) electrons. The van der Waals surface area contributed by atoms with Gasteiger partial charge in [-0.3, -0.25) is 9.59 Å². The molecule has 0 aliphatic carbocycles. The maximum absolute atomic E-state index is 12.3. The van der Waals surface area contributed by atoms with Crippen molar-refractivity contribution in [1.29, 1.82) is 0 Å². The van der Waals surface area contributed by atoms with Gasteiger partial charge in [-0.25, -0.2) is 0 Å². The fraction of sp³-hybridized carbons (Fsp3) is 0.905. The van der Waals surface area contributed by atoms with Gasteiger partial charge in [0, 0.05) is 44.6 Å². The van der Waals surface area contributed by atoms with Crippen molar-refractivity contribution in [1.82, 2.24) is 25.8 Å². The molecule has 0 saturated carbocycles. The van der Waals surface area contributed by atoms with Crippen LogP contribution in [0.1, 0.15) is 46.0 Å². The highest BCUT2D eigenvalue weighted by molar-refractivity contribution is 5.77. The Morgan fingerprint density at radius 3 is 2.63 bits per heavy atom. The Hall–Kier alpha value is -1.26. The van der Waals surface area contributed by atoms with Gasteiger partial charge in [-0.15, -0.1) is 0 Å². The van der Waals surface area contributed by atoms with E-state index in [1.54, 1.807) is 0 Å². The summed E-state index contributed by atoms with van der Waals surface area (Å²) < 4.78 is 0. The van der Waals surface area contributed by atoms with E-state index < -0.39 is 5.97 Å². The monoisotopic (exact) mass is 428 g/mol. The number of carboxylic acid groups (broad SMARTS) is 1. The molecule has 2 atom stereocenters. The highest BCUT2D eigenvalue weighted by Gasteiger charge is 2.21. The number of carbonyl (C=O) groups is 2. The lowest BCUT2D eigenvalue weighted by molar-refractivity contribution is -0.137. The fourth-order valence-electron chi connectivity index (χ4n) is 3.86. The molecule has 30 heavy (non-hydrogen) atoms. The van der Waals surface area contributed by atoms with Crippen LogP contribution in [0.15, 0.2) is 0 Å². The summed E-state index contributed by atoms with van der Waals surface area (Å²) in [6.45, 7) is 12.0. The Bertz CT molecular complexity index is 503. The second-order valence-corrected chi connectivity index (χ2v) is 8.88. The molecule has 1 heterocycles. The van der Waals surface area contributed by atoms with Gasteiger partial charge >= 0.3 is 5.97 Å². The van der Waals surface area contributed by atoms with Crippen molar-refractivity contribution < 1.29 is 14.7 Å². The molecule has 9 nitrogen and oxygen atoms in total. The third kappa shape index (κ3) is 13.1. The van der Waals surface area contributed by atoms with Crippen LogP contribution in [0.2, 0.25) is 0 Å². The third-order valence-electron chi connectivity index (χ3n) is 5.36. The molecule has 9 heteroatoms. The summed E-state index contributed by atoms with van der Waals surface area (Å²) in [5.74, 6) is -0.933. The van der Waals surface area contributed by atoms with E-state index >= 15 is 0 Å². The topological polar surface area (TPSA) is 123 Å². The summed E-state index contributed by atoms with van der Waals surface area (Å²) in [5, 5.41) is 18.8. The lowest BCUT2D eigenvalue weighted by Gasteiger charge is -2.32. The minimum absolute atomic E-state index is 0.00760. The van der Waals surface area contributed by atoms with Crippen LogP contribution in [-0.2, 0) is 9.59 Å². The lowest BCUT2D eigenvalue weighted by Crippen LogP contribution is -2.54. The van der Waals surface area contributed by atoms with E-state index in [1.165, 1.54) is 0 Å². The molecule has 1 amide bonds. The van der Waals surface area contributed by atoms with Crippen LogP contribution in [0.3, 0.4) is 0 Å². The first-order valence-corrected chi connectivity index (χ1v) is 11.3. The maximum atomic E-state index is 12.3. The van der Waals surface area contributed by atoms with E-state index in [0.717, 1.165) is 65.2 Å². The molecule has 1 rings (SSSR count). The Balaban J connectivity index is 2.62. The van der Waals surface area contributed by atoms with Gasteiger partial charge < -0.3 is 36.6 Å². The zero-order valence-corrected chi connectivity index (χ0v) is 19.2. The van der Waals surface area contributed by atoms with Crippen molar-refractivity contribution in [2.24, 2.45) is 5.73 Å². The van der Waals surface area contributed by atoms with Crippen molar-refractivity contribution in [2.45, 2.75) is 57.5 Å². The lowest BCUT2D eigenvalue weighted by atomic mass is 10.0. The SMILES string of the molecule is CCN1CCCN(C)C[C@](C)(N)CNCCCNCC(NC(=O)CCCC(=O)O)C1. The number of amides is 1. The number of hydrogen-bond donors (Lipinski definition) is 5. The molecule has 1 aliphatic rings. The minimum atomic E-state index is -0.861. The van der Waals surface area contributed by atoms with Crippen LogP contribution in [0.25, 0.3) is 0 Å². The molecule has 0 aromatic carbocycles. The van der Waals surface area contributed by atoms with Crippen molar-refractivity contribution in [3.8, 4) is 0 Å². The largest absolute Gasteiger partial charge is 0.481 e. The molecular formula is C21H44N6O3. The van der Waals surface area contributed by atoms with Crippen LogP contribution in [-0.4, -0.2) is 104 Å². The van der Waals surface area contributed by atoms with Crippen molar-refractivity contribution in [3.63, 3.8) is 0 Å². The van der Waals surface area contributed by atoms with Gasteiger partial charge in [-0.2, -0.15) is 0 Å². The van der Waals surface area contributed by atoms with Crippen LogP contribution in [0, 0.1) is 0 Å². The van der Waals surface area contributed by atoms with Crippen LogP contribution in [0.5, 0.6) is 0 Å². The Kier molecular flexibility index (Phi) is 13.1. The van der Waals surface area contributed by atoms with Crippen LogP contribution < -0.4 is 21.7 Å². The van der Waals surface area contributed by atoms with Gasteiger partial charge in [0.15, 0.2) is 0 Å². The highest BCUT2D eigenvalue weighted by Crippen LogP contribution is 2.04. The second kappa shape index (κ2) is 14.7. The number of aliphatic carboxylic acids is 1. The number of rotatable bonds is 6. The molecule has 0 aromatic heterocycles. The quantitative estimate of drug-likeness (QED) is 0.390. The average molecular weight is 429 g/mol. The number of carboxylic acids is 1. The maximum Gasteiger partial charge on any atom is 0.303 e. The Morgan fingerprint density at radius 1 is 1.20 bits per heavy atom. The molecule has 1 unspecified atom stereocenters. The Morgan fingerprint density at radius 2 is 1.93 bits per heavy atom. The van der Waals surface area contributed by atoms with Gasteiger partial charge in [0.2, 0.25) is 5.91 Å². The van der Waals surface area contributed by atoms with E-state index in [0.29, 0.717) is 13.0 Å². The molecule has 0 bridgehead atoms. The number of hydrogen-bond acceptors (Lipinski definition) is 7. The van der Waals surface area contributed by atoms with E-state index in [2.05, 4.69) is 46.6 Å². The van der Waals surface area contributed by atoms with E-state index in [-0.39, 0.29) is 30.3 Å². The molecule has 6 N–H and O–H groups in total. The molecule has 1 saturated heterocycles. The standard InChI is InChI=1S/C21H44N6O3/c1-4-27-13-7-12-26(3)17-21(2,22)16-24-11-6-10-23-14-18(15-27)25-19(28)8-5-9-20(29)30/h18,23-24H,4-17,22H2,1-3H3,(H,25,28)(H,29,30)/t18?,21-/m1/s1. The van der Waals surface area contributed by atoms with Gasteiger partial charge in [0.25, 0.3) is 0 Å². The molecule has 0 aromatic rings. The predicted octanol–water partition coefficient (Wildman–Crippen LogP) is -0.330. The Labute approximate surface area is 182 Å². The zero-order valence-electron chi connectivity index (χ0n) is 19.2. The van der Waals surface area contributed by atoms with Crippen molar-refractivity contribution in [2.75, 3.05) is 66.0 Å². The predicted molar refractivity (Wildman–Crippen MR) is 121 cm³/mol. The number of likely N-dealkylation sites (N-methyl/N-ethyl adjacent to an activating group) is 2. The summed E-state index contributed by atoms with van der Waals surface area (Å²) in [7, 11) is 2.12. The summed E-state index contributed by atoms with van der Waals surface area (Å²) >= 11 is 0. The molecule has 0 spiro atoms. The molecule has 1 fully saturated rings. The van der Waals surface area contributed by atoms with E-state index in [1.807, 2.05) is 0 Å². The smallest absolute Gasteiger partial charge is 0.303 e. The van der Waals surface area contributed by atoms with Gasteiger partial charge in [-0.05, 0) is 66.0 Å². The first-order chi connectivity index (χ1) is 14.2. The number of nitrogens with zero attached hydrogens (tertiary/aromatic N) is 2. The van der Waals surface area contributed by atoms with Crippen molar-refractivity contribution in [3.05, 3.63) is 0 Å². The number of carbonyl (C=O) groups excluding carboxylic acids is 1. The minimum Gasteiger partial charge on any atom is -0.481 e. The first kappa shape index (κ1) is 26.8. The second-order valence-electron chi connectivity index (χ2n) is 8.88. The first-order valence-electron chi connectivity index (χ1n) is 11.3. The van der Waals surface area contributed by atoms with Crippen LogP contribution >= 0.6 is 0 Å². The summed E-state index contributed by atoms with van der Waals surface area (Å²) in [6, 6.07) is 0.00760. The summed E-state index contributed by atoms with van der Waals surface area (Å²) in [6.07, 6.45) is 2.68. The fourth-order valence-corrected chi connectivity index (χ4v) is 3.86. The summed E-state index contributed by atoms with van der Waals surface area (Å²) in [4.78, 5) is 27.6. The average Bonchev–Trinajstić information content (AvgIpc) is 2.64. The molecular weight excluding hydrogens is 384 g/mol. The van der Waals surface area contributed by atoms with E-state index in [4.69, 9.17) is 10.8 Å². The van der Waals surface area contributed by atoms with Gasteiger partial charge in [0.1, 0.15) is 0 Å². The molecule has 1 aliphatic heterocycles. The normalized spacial score (nSPS) is 26.9.